The summed E-state index contributed by atoms with van der Waals surface area (Å²) in [5.41, 5.74) is 1.98. The Hall–Kier alpha value is -1.51. The maximum Gasteiger partial charge on any atom is 2.00 e. The van der Waals surface area contributed by atoms with Crippen molar-refractivity contribution in [3.8, 4) is 16.9 Å². The van der Waals surface area contributed by atoms with E-state index in [1.54, 1.807) is 6.07 Å². The van der Waals surface area contributed by atoms with Gasteiger partial charge in [-0.2, -0.15) is 0 Å². The third-order valence-corrected chi connectivity index (χ3v) is 3.97. The second-order valence-electron chi connectivity index (χ2n) is 5.21. The summed E-state index contributed by atoms with van der Waals surface area (Å²) in [5, 5.41) is 15.0. The van der Waals surface area contributed by atoms with Gasteiger partial charge in [-0.15, -0.1) is 0 Å². The fourth-order valence-corrected chi connectivity index (χ4v) is 2.99. The number of halogens is 2. The average molecular weight is 389 g/mol. The second-order valence-corrected chi connectivity index (χ2v) is 5.21. The average Bonchev–Trinajstić information content (AvgIpc) is 2.54. The number of hydrogen-bond acceptors (Lipinski definition) is 1. The zero-order valence-corrected chi connectivity index (χ0v) is 15.8. The largest absolute Gasteiger partial charge is 2.00 e. The molecule has 4 aromatic rings. The molecule has 1 N–H and O–H groups in total. The van der Waals surface area contributed by atoms with Crippen LogP contribution in [0.4, 0.5) is 0 Å². The summed E-state index contributed by atoms with van der Waals surface area (Å²) in [6, 6.07) is 26.4. The molecular formula is C20H14Cl2OTi. The van der Waals surface area contributed by atoms with Crippen LogP contribution in [0.25, 0.3) is 32.7 Å². The Balaban J connectivity index is 0.000000960. The van der Waals surface area contributed by atoms with Crippen LogP contribution in [-0.2, 0) is 21.7 Å². The number of benzene rings is 4. The molecule has 0 spiro atoms. The van der Waals surface area contributed by atoms with Crippen LogP contribution < -0.4 is 24.8 Å². The van der Waals surface area contributed by atoms with Crippen LogP contribution in [0.15, 0.2) is 78.9 Å². The van der Waals surface area contributed by atoms with Gasteiger partial charge >= 0.3 is 21.7 Å². The topological polar surface area (TPSA) is 20.2 Å². The molecule has 0 atom stereocenters. The van der Waals surface area contributed by atoms with E-state index in [9.17, 15) is 5.11 Å². The smallest absolute Gasteiger partial charge is 1.00 e. The van der Waals surface area contributed by atoms with Crippen molar-refractivity contribution >= 4 is 21.5 Å². The zero-order chi connectivity index (χ0) is 14.2. The molecule has 0 bridgehead atoms. The van der Waals surface area contributed by atoms with Crippen molar-refractivity contribution in [2.45, 2.75) is 0 Å². The van der Waals surface area contributed by atoms with Crippen LogP contribution in [0.2, 0.25) is 0 Å². The molecule has 0 aliphatic rings. The monoisotopic (exact) mass is 388 g/mol. The minimum absolute atomic E-state index is 0. The van der Waals surface area contributed by atoms with E-state index >= 15 is 0 Å². The van der Waals surface area contributed by atoms with Crippen molar-refractivity contribution in [1.29, 1.82) is 0 Å². The van der Waals surface area contributed by atoms with E-state index in [4.69, 9.17) is 0 Å². The van der Waals surface area contributed by atoms with Crippen LogP contribution >= 0.6 is 0 Å². The van der Waals surface area contributed by atoms with Crippen molar-refractivity contribution in [3.63, 3.8) is 0 Å². The van der Waals surface area contributed by atoms with Crippen LogP contribution in [0, 0.1) is 0 Å². The number of rotatable bonds is 1. The van der Waals surface area contributed by atoms with E-state index in [0.29, 0.717) is 5.75 Å². The van der Waals surface area contributed by atoms with Crippen molar-refractivity contribution in [2.24, 2.45) is 0 Å². The Labute approximate surface area is 168 Å². The standard InChI is InChI=1S/C20H14O.2ClH.Ti/c21-19-13-12-15-7-2-4-10-17(15)20(19)18-11-5-8-14-6-1-3-9-16(14)18;;;/h1-13,21H;2*1H;/q;;;+2/p-2. The maximum atomic E-state index is 10.4. The molecule has 0 amide bonds. The third-order valence-electron chi connectivity index (χ3n) is 3.97. The predicted octanol–water partition coefficient (Wildman–Crippen LogP) is -0.629. The Morgan fingerprint density at radius 2 is 1.08 bits per heavy atom. The first kappa shape index (κ1) is 20.5. The first-order valence-electron chi connectivity index (χ1n) is 7.03. The predicted molar refractivity (Wildman–Crippen MR) is 88.6 cm³/mol. The van der Waals surface area contributed by atoms with Crippen molar-refractivity contribution in [3.05, 3.63) is 78.9 Å². The summed E-state index contributed by atoms with van der Waals surface area (Å²) in [7, 11) is 0. The Bertz CT molecular complexity index is 964. The van der Waals surface area contributed by atoms with Gasteiger partial charge in [0, 0.05) is 5.56 Å². The third kappa shape index (κ3) is 3.45. The molecule has 24 heavy (non-hydrogen) atoms. The summed E-state index contributed by atoms with van der Waals surface area (Å²) >= 11 is 0. The van der Waals surface area contributed by atoms with E-state index in [0.717, 1.165) is 27.3 Å². The molecule has 0 heterocycles. The van der Waals surface area contributed by atoms with Gasteiger partial charge in [-0.3, -0.25) is 0 Å². The fourth-order valence-electron chi connectivity index (χ4n) is 2.99. The molecule has 0 saturated carbocycles. The van der Waals surface area contributed by atoms with Crippen LogP contribution in [0.5, 0.6) is 5.75 Å². The number of fused-ring (bicyclic) bond motifs is 2. The molecule has 0 aliphatic heterocycles. The molecular weight excluding hydrogens is 375 g/mol. The second kappa shape index (κ2) is 8.55. The molecule has 0 radical (unpaired) electrons. The molecule has 1 nitrogen and oxygen atoms in total. The minimum Gasteiger partial charge on any atom is -1.00 e. The van der Waals surface area contributed by atoms with Gasteiger partial charge in [0.1, 0.15) is 5.75 Å². The SMILES string of the molecule is Oc1ccc2ccccc2c1-c1cccc2ccccc12.[Cl-].[Cl-].[Ti+2]. The van der Waals surface area contributed by atoms with Gasteiger partial charge in [0.05, 0.1) is 0 Å². The Morgan fingerprint density at radius 3 is 1.79 bits per heavy atom. The Morgan fingerprint density at radius 1 is 0.542 bits per heavy atom. The van der Waals surface area contributed by atoms with Gasteiger partial charge in [0.15, 0.2) is 0 Å². The summed E-state index contributed by atoms with van der Waals surface area (Å²) in [4.78, 5) is 0. The van der Waals surface area contributed by atoms with Gasteiger partial charge < -0.3 is 29.9 Å². The molecule has 0 unspecified atom stereocenters. The number of hydrogen-bond donors (Lipinski definition) is 1. The normalized spacial score (nSPS) is 9.67. The van der Waals surface area contributed by atoms with E-state index in [1.165, 1.54) is 5.39 Å². The summed E-state index contributed by atoms with van der Waals surface area (Å²) < 4.78 is 0. The number of aromatic hydroxyl groups is 1. The van der Waals surface area contributed by atoms with Gasteiger partial charge in [0.25, 0.3) is 0 Å². The summed E-state index contributed by atoms with van der Waals surface area (Å²) in [5.74, 6) is 0.324. The first-order valence-corrected chi connectivity index (χ1v) is 7.03. The fraction of sp³-hybridized carbons (Fsp3) is 0. The number of phenols is 1. The molecule has 4 rings (SSSR count). The molecule has 118 valence electrons. The van der Waals surface area contributed by atoms with E-state index in [-0.39, 0.29) is 46.5 Å². The van der Waals surface area contributed by atoms with E-state index in [1.807, 2.05) is 36.4 Å². The van der Waals surface area contributed by atoms with Gasteiger partial charge in [-0.25, -0.2) is 0 Å². The van der Waals surface area contributed by atoms with Gasteiger partial charge in [-0.1, -0.05) is 72.8 Å². The quantitative estimate of drug-likeness (QED) is 0.430. The molecule has 0 aliphatic carbocycles. The zero-order valence-electron chi connectivity index (χ0n) is 12.7. The first-order chi connectivity index (χ1) is 10.3. The Kier molecular flexibility index (Phi) is 7.32. The summed E-state index contributed by atoms with van der Waals surface area (Å²) in [6.07, 6.45) is 0. The van der Waals surface area contributed by atoms with Crippen molar-refractivity contribution in [2.75, 3.05) is 0 Å². The maximum absolute atomic E-state index is 10.4. The molecule has 0 saturated heterocycles. The molecule has 4 heteroatoms. The van der Waals surface area contributed by atoms with E-state index < -0.39 is 0 Å². The summed E-state index contributed by atoms with van der Waals surface area (Å²) in [6.45, 7) is 0. The molecule has 4 aromatic carbocycles. The van der Waals surface area contributed by atoms with Crippen molar-refractivity contribution < 1.29 is 51.6 Å². The number of phenolic OH excluding ortho intramolecular Hbond substituents is 1. The van der Waals surface area contributed by atoms with Gasteiger partial charge in [-0.05, 0) is 33.2 Å². The van der Waals surface area contributed by atoms with Crippen LogP contribution in [0.1, 0.15) is 0 Å². The van der Waals surface area contributed by atoms with E-state index in [2.05, 4.69) is 36.4 Å². The van der Waals surface area contributed by atoms with Crippen molar-refractivity contribution in [1.82, 2.24) is 0 Å². The molecule has 0 aromatic heterocycles. The van der Waals surface area contributed by atoms with Gasteiger partial charge in [0.2, 0.25) is 0 Å². The van der Waals surface area contributed by atoms with Crippen LogP contribution in [-0.4, -0.2) is 5.11 Å². The molecule has 0 fully saturated rings. The minimum atomic E-state index is 0. The van der Waals surface area contributed by atoms with Crippen LogP contribution in [0.3, 0.4) is 0 Å².